The molecule has 1 aromatic carbocycles. The molecule has 70 valence electrons. The van der Waals surface area contributed by atoms with E-state index in [1.165, 1.54) is 19.2 Å². The number of phenolic OH excluding ortho intramolecular Hbond substituents is 1. The lowest BCUT2D eigenvalue weighted by Gasteiger charge is -2.07. The van der Waals surface area contributed by atoms with E-state index < -0.39 is 0 Å². The minimum Gasteiger partial charge on any atom is -0.507 e. The zero-order valence-corrected chi connectivity index (χ0v) is 7.15. The van der Waals surface area contributed by atoms with E-state index >= 15 is 0 Å². The second kappa shape index (κ2) is 3.91. The Kier molecular flexibility index (Phi) is 2.87. The van der Waals surface area contributed by atoms with Gasteiger partial charge in [-0.1, -0.05) is 0 Å². The molecule has 4 nitrogen and oxygen atoms in total. The minimum atomic E-state index is -0.205. The van der Waals surface area contributed by atoms with Crippen molar-refractivity contribution < 1.29 is 19.7 Å². The number of aromatic hydroxyl groups is 1. The number of hydrogen-bond donors (Lipinski definition) is 2. The fourth-order valence-corrected chi connectivity index (χ4v) is 1.05. The zero-order valence-electron chi connectivity index (χ0n) is 7.15. The number of aldehydes is 1. The van der Waals surface area contributed by atoms with Gasteiger partial charge in [-0.05, 0) is 17.7 Å². The monoisotopic (exact) mass is 182 g/mol. The van der Waals surface area contributed by atoms with Crippen LogP contribution >= 0.6 is 0 Å². The van der Waals surface area contributed by atoms with Crippen LogP contribution in [0.5, 0.6) is 11.5 Å². The number of phenols is 1. The maximum atomic E-state index is 10.5. The highest BCUT2D eigenvalue weighted by Gasteiger charge is 2.09. The van der Waals surface area contributed by atoms with Gasteiger partial charge in [-0.25, -0.2) is 0 Å². The van der Waals surface area contributed by atoms with Gasteiger partial charge < -0.3 is 14.9 Å². The van der Waals surface area contributed by atoms with Gasteiger partial charge in [0.2, 0.25) is 0 Å². The number of aliphatic hydroxyl groups excluding tert-OH is 1. The van der Waals surface area contributed by atoms with E-state index in [2.05, 4.69) is 0 Å². The van der Waals surface area contributed by atoms with Crippen LogP contribution in [0.2, 0.25) is 0 Å². The number of ether oxygens (including phenoxy) is 1. The summed E-state index contributed by atoms with van der Waals surface area (Å²) in [6.45, 7) is -0.205. The fraction of sp³-hybridized carbons (Fsp3) is 0.222. The van der Waals surface area contributed by atoms with Gasteiger partial charge in [-0.15, -0.1) is 0 Å². The summed E-state index contributed by atoms with van der Waals surface area (Å²) in [5.74, 6) is 0.0810. The molecule has 0 saturated heterocycles. The van der Waals surface area contributed by atoms with Crippen LogP contribution in [0.3, 0.4) is 0 Å². The third-order valence-electron chi connectivity index (χ3n) is 1.70. The van der Waals surface area contributed by atoms with Crippen LogP contribution in [0.15, 0.2) is 12.1 Å². The molecule has 1 aromatic rings. The van der Waals surface area contributed by atoms with E-state index in [4.69, 9.17) is 9.84 Å². The van der Waals surface area contributed by atoms with E-state index in [1.807, 2.05) is 0 Å². The van der Waals surface area contributed by atoms with E-state index in [-0.39, 0.29) is 23.7 Å². The maximum Gasteiger partial charge on any atom is 0.157 e. The standard InChI is InChI=1S/C9H10O4/c1-13-9-3-6(4-10)2-8(12)7(9)5-11/h2-3,5,10,12H,4H2,1H3. The van der Waals surface area contributed by atoms with Gasteiger partial charge in [-0.2, -0.15) is 0 Å². The molecule has 0 atom stereocenters. The average Bonchev–Trinajstić information content (AvgIpc) is 2.16. The second-order valence-corrected chi connectivity index (χ2v) is 2.51. The number of carbonyl (C=O) groups is 1. The van der Waals surface area contributed by atoms with Crippen molar-refractivity contribution in [2.45, 2.75) is 6.61 Å². The Labute approximate surface area is 75.4 Å². The van der Waals surface area contributed by atoms with E-state index in [1.54, 1.807) is 0 Å². The fourth-order valence-electron chi connectivity index (χ4n) is 1.05. The molecule has 0 aliphatic carbocycles. The Morgan fingerprint density at radius 2 is 2.23 bits per heavy atom. The van der Waals surface area contributed by atoms with Gasteiger partial charge in [0.05, 0.1) is 19.3 Å². The van der Waals surface area contributed by atoms with Gasteiger partial charge in [0.25, 0.3) is 0 Å². The van der Waals surface area contributed by atoms with Crippen molar-refractivity contribution in [2.75, 3.05) is 7.11 Å². The van der Waals surface area contributed by atoms with Gasteiger partial charge in [-0.3, -0.25) is 4.79 Å². The van der Waals surface area contributed by atoms with Crippen LogP contribution in [-0.4, -0.2) is 23.6 Å². The number of aliphatic hydroxyl groups is 1. The lowest BCUT2D eigenvalue weighted by atomic mass is 10.1. The Hall–Kier alpha value is -1.55. The average molecular weight is 182 g/mol. The molecule has 0 aliphatic heterocycles. The smallest absolute Gasteiger partial charge is 0.157 e. The van der Waals surface area contributed by atoms with Gasteiger partial charge in [0.1, 0.15) is 11.5 Å². The highest BCUT2D eigenvalue weighted by atomic mass is 16.5. The molecule has 0 spiro atoms. The van der Waals surface area contributed by atoms with Gasteiger partial charge in [0.15, 0.2) is 6.29 Å². The Morgan fingerprint density at radius 1 is 1.54 bits per heavy atom. The van der Waals surface area contributed by atoms with Crippen molar-refractivity contribution in [1.29, 1.82) is 0 Å². The maximum absolute atomic E-state index is 10.5. The SMILES string of the molecule is COc1cc(CO)cc(O)c1C=O. The molecule has 0 bridgehead atoms. The topological polar surface area (TPSA) is 66.8 Å². The summed E-state index contributed by atoms with van der Waals surface area (Å²) in [6.07, 6.45) is 0.509. The quantitative estimate of drug-likeness (QED) is 0.675. The Balaban J connectivity index is 3.28. The molecule has 0 fully saturated rings. The second-order valence-electron chi connectivity index (χ2n) is 2.51. The lowest BCUT2D eigenvalue weighted by molar-refractivity contribution is 0.111. The van der Waals surface area contributed by atoms with Crippen LogP contribution < -0.4 is 4.74 Å². The van der Waals surface area contributed by atoms with Crippen molar-refractivity contribution in [2.24, 2.45) is 0 Å². The summed E-state index contributed by atoms with van der Waals surface area (Å²) in [5, 5.41) is 18.1. The summed E-state index contributed by atoms with van der Waals surface area (Å²) in [4.78, 5) is 10.5. The lowest BCUT2D eigenvalue weighted by Crippen LogP contribution is -1.94. The number of carbonyl (C=O) groups excluding carboxylic acids is 1. The van der Waals surface area contributed by atoms with Crippen molar-refractivity contribution >= 4 is 6.29 Å². The summed E-state index contributed by atoms with van der Waals surface area (Å²) >= 11 is 0. The van der Waals surface area contributed by atoms with Gasteiger partial charge in [0, 0.05) is 0 Å². The molecule has 0 radical (unpaired) electrons. The molecule has 0 aromatic heterocycles. The molecule has 0 heterocycles. The van der Waals surface area contributed by atoms with Gasteiger partial charge >= 0.3 is 0 Å². The molecule has 0 amide bonds. The number of methoxy groups -OCH3 is 1. The normalized spacial score (nSPS) is 9.69. The molecule has 0 aliphatic rings. The first-order valence-electron chi connectivity index (χ1n) is 3.68. The van der Waals surface area contributed by atoms with E-state index in [9.17, 15) is 9.90 Å². The molecule has 4 heteroatoms. The third-order valence-corrected chi connectivity index (χ3v) is 1.70. The first kappa shape index (κ1) is 9.54. The van der Waals surface area contributed by atoms with Crippen LogP contribution in [-0.2, 0) is 6.61 Å². The number of hydrogen-bond acceptors (Lipinski definition) is 4. The largest absolute Gasteiger partial charge is 0.507 e. The van der Waals surface area contributed by atoms with Crippen molar-refractivity contribution in [3.63, 3.8) is 0 Å². The van der Waals surface area contributed by atoms with Crippen LogP contribution in [0.4, 0.5) is 0 Å². The first-order chi connectivity index (χ1) is 6.22. The predicted molar refractivity (Wildman–Crippen MR) is 46.0 cm³/mol. The van der Waals surface area contributed by atoms with Crippen molar-refractivity contribution in [1.82, 2.24) is 0 Å². The van der Waals surface area contributed by atoms with Crippen LogP contribution in [0.25, 0.3) is 0 Å². The van der Waals surface area contributed by atoms with E-state index in [0.29, 0.717) is 11.8 Å². The highest BCUT2D eigenvalue weighted by molar-refractivity contribution is 5.83. The Morgan fingerprint density at radius 3 is 2.69 bits per heavy atom. The van der Waals surface area contributed by atoms with Crippen LogP contribution in [0, 0.1) is 0 Å². The first-order valence-corrected chi connectivity index (χ1v) is 3.68. The number of rotatable bonds is 3. The molecule has 2 N–H and O–H groups in total. The van der Waals surface area contributed by atoms with Crippen molar-refractivity contribution in [3.8, 4) is 11.5 Å². The molecule has 1 rings (SSSR count). The molecule has 0 saturated carbocycles. The molecular weight excluding hydrogens is 172 g/mol. The van der Waals surface area contributed by atoms with E-state index in [0.717, 1.165) is 0 Å². The minimum absolute atomic E-state index is 0.0969. The van der Waals surface area contributed by atoms with Crippen molar-refractivity contribution in [3.05, 3.63) is 23.3 Å². The van der Waals surface area contributed by atoms with Crippen LogP contribution in [0.1, 0.15) is 15.9 Å². The summed E-state index contributed by atoms with van der Waals surface area (Å²) in [6, 6.07) is 2.83. The molecular formula is C9H10O4. The number of benzene rings is 1. The molecule has 0 unspecified atom stereocenters. The zero-order chi connectivity index (χ0) is 9.84. The summed E-state index contributed by atoms with van der Waals surface area (Å²) in [7, 11) is 1.39. The molecule has 13 heavy (non-hydrogen) atoms. The third kappa shape index (κ3) is 1.78. The Bertz CT molecular complexity index is 320. The summed E-state index contributed by atoms with van der Waals surface area (Å²) < 4.78 is 4.86. The predicted octanol–water partition coefficient (Wildman–Crippen LogP) is 0.706. The highest BCUT2D eigenvalue weighted by Crippen LogP contribution is 2.27. The summed E-state index contributed by atoms with van der Waals surface area (Å²) in [5.41, 5.74) is 0.597.